The van der Waals surface area contributed by atoms with E-state index in [0.29, 0.717) is 6.04 Å². The maximum absolute atomic E-state index is 5.87. The Hall–Kier alpha value is -0.840. The number of rotatable bonds is 5. The topological polar surface area (TPSA) is 31.6 Å². The van der Waals surface area contributed by atoms with Gasteiger partial charge < -0.3 is 14.6 Å². The Kier molecular flexibility index (Phi) is 5.43. The van der Waals surface area contributed by atoms with Gasteiger partial charge in [-0.2, -0.15) is 0 Å². The third kappa shape index (κ3) is 4.06. The number of hydrogen-bond donors (Lipinski definition) is 1. The van der Waals surface area contributed by atoms with Crippen LogP contribution in [0.5, 0.6) is 0 Å². The van der Waals surface area contributed by atoms with Crippen molar-refractivity contribution in [1.29, 1.82) is 0 Å². The quantitative estimate of drug-likeness (QED) is 0.881. The van der Waals surface area contributed by atoms with Crippen molar-refractivity contribution in [2.75, 3.05) is 33.7 Å². The lowest BCUT2D eigenvalue weighted by Gasteiger charge is -2.29. The SMILES string of the molecule is CCC1CN(C)CCCN1Cc1ccc(CNC)o1. The van der Waals surface area contributed by atoms with Crippen LogP contribution in [0.1, 0.15) is 31.3 Å². The minimum atomic E-state index is 0.644. The molecule has 1 unspecified atom stereocenters. The molecule has 1 aromatic heterocycles. The van der Waals surface area contributed by atoms with Gasteiger partial charge in [-0.1, -0.05) is 6.92 Å². The number of nitrogens with one attached hydrogen (secondary N) is 1. The average Bonchev–Trinajstić information content (AvgIpc) is 2.74. The van der Waals surface area contributed by atoms with Crippen LogP contribution in [0.15, 0.2) is 16.5 Å². The molecule has 2 rings (SSSR count). The van der Waals surface area contributed by atoms with Crippen LogP contribution in [-0.4, -0.2) is 49.6 Å². The summed E-state index contributed by atoms with van der Waals surface area (Å²) in [6.45, 7) is 7.57. The van der Waals surface area contributed by atoms with Gasteiger partial charge in [-0.25, -0.2) is 0 Å². The second-order valence-corrected chi connectivity index (χ2v) is 5.55. The molecule has 0 amide bonds. The molecule has 4 heteroatoms. The summed E-state index contributed by atoms with van der Waals surface area (Å²) in [4.78, 5) is 5.02. The van der Waals surface area contributed by atoms with Gasteiger partial charge in [0, 0.05) is 19.1 Å². The lowest BCUT2D eigenvalue weighted by molar-refractivity contribution is 0.163. The third-order valence-electron chi connectivity index (χ3n) is 3.92. The molecule has 0 radical (unpaired) electrons. The molecule has 19 heavy (non-hydrogen) atoms. The third-order valence-corrected chi connectivity index (χ3v) is 3.92. The first-order chi connectivity index (χ1) is 9.22. The van der Waals surface area contributed by atoms with E-state index in [0.717, 1.165) is 24.6 Å². The van der Waals surface area contributed by atoms with Gasteiger partial charge in [0.25, 0.3) is 0 Å². The predicted molar refractivity (Wildman–Crippen MR) is 78.1 cm³/mol. The molecule has 1 saturated heterocycles. The highest BCUT2D eigenvalue weighted by Gasteiger charge is 2.22. The van der Waals surface area contributed by atoms with Crippen molar-refractivity contribution >= 4 is 0 Å². The van der Waals surface area contributed by atoms with Gasteiger partial charge in [0.15, 0.2) is 0 Å². The molecular formula is C15H27N3O. The molecule has 1 aliphatic rings. The van der Waals surface area contributed by atoms with Crippen LogP contribution in [0, 0.1) is 0 Å². The summed E-state index contributed by atoms with van der Waals surface area (Å²) in [6.07, 6.45) is 2.45. The van der Waals surface area contributed by atoms with Crippen LogP contribution in [0.3, 0.4) is 0 Å². The van der Waals surface area contributed by atoms with E-state index in [1.807, 2.05) is 7.05 Å². The fourth-order valence-electron chi connectivity index (χ4n) is 2.86. The van der Waals surface area contributed by atoms with Crippen molar-refractivity contribution in [3.63, 3.8) is 0 Å². The number of likely N-dealkylation sites (N-methyl/N-ethyl adjacent to an activating group) is 1. The number of furan rings is 1. The van der Waals surface area contributed by atoms with E-state index in [4.69, 9.17) is 4.42 Å². The zero-order chi connectivity index (χ0) is 13.7. The Labute approximate surface area is 116 Å². The zero-order valence-corrected chi connectivity index (χ0v) is 12.5. The van der Waals surface area contributed by atoms with Crippen LogP contribution < -0.4 is 5.32 Å². The van der Waals surface area contributed by atoms with Gasteiger partial charge in [-0.05, 0) is 45.6 Å². The summed E-state index contributed by atoms with van der Waals surface area (Å²) in [5.74, 6) is 2.12. The van der Waals surface area contributed by atoms with Gasteiger partial charge in [0.05, 0.1) is 13.1 Å². The summed E-state index contributed by atoms with van der Waals surface area (Å²) >= 11 is 0. The van der Waals surface area contributed by atoms with Gasteiger partial charge in [-0.3, -0.25) is 4.90 Å². The summed E-state index contributed by atoms with van der Waals surface area (Å²) in [5.41, 5.74) is 0. The molecule has 4 nitrogen and oxygen atoms in total. The Morgan fingerprint density at radius 2 is 2.11 bits per heavy atom. The Morgan fingerprint density at radius 3 is 2.84 bits per heavy atom. The van der Waals surface area contributed by atoms with Crippen molar-refractivity contribution in [2.24, 2.45) is 0 Å². The molecule has 0 aromatic carbocycles. The first-order valence-electron chi connectivity index (χ1n) is 7.37. The van der Waals surface area contributed by atoms with Crippen molar-refractivity contribution in [3.05, 3.63) is 23.7 Å². The molecule has 108 valence electrons. The van der Waals surface area contributed by atoms with Crippen LogP contribution in [0.4, 0.5) is 0 Å². The fraction of sp³-hybridized carbons (Fsp3) is 0.733. The van der Waals surface area contributed by atoms with Gasteiger partial charge in [-0.15, -0.1) is 0 Å². The van der Waals surface area contributed by atoms with E-state index in [1.54, 1.807) is 0 Å². The number of nitrogens with zero attached hydrogens (tertiary/aromatic N) is 2. The van der Waals surface area contributed by atoms with Gasteiger partial charge in [0.2, 0.25) is 0 Å². The lowest BCUT2D eigenvalue weighted by Crippen LogP contribution is -2.39. The van der Waals surface area contributed by atoms with Crippen LogP contribution in [-0.2, 0) is 13.1 Å². The van der Waals surface area contributed by atoms with Gasteiger partial charge in [0.1, 0.15) is 11.5 Å². The van der Waals surface area contributed by atoms with Gasteiger partial charge >= 0.3 is 0 Å². The molecule has 2 heterocycles. The Morgan fingerprint density at radius 1 is 1.32 bits per heavy atom. The molecule has 1 aliphatic heterocycles. The van der Waals surface area contributed by atoms with E-state index in [2.05, 4.69) is 41.2 Å². The maximum Gasteiger partial charge on any atom is 0.118 e. The summed E-state index contributed by atoms with van der Waals surface area (Å²) in [7, 11) is 4.17. The summed E-state index contributed by atoms with van der Waals surface area (Å²) in [6, 6.07) is 4.84. The highest BCUT2D eigenvalue weighted by molar-refractivity contribution is 5.07. The normalized spacial score (nSPS) is 22.6. The van der Waals surface area contributed by atoms with E-state index in [1.165, 1.54) is 32.5 Å². The van der Waals surface area contributed by atoms with Crippen molar-refractivity contribution < 1.29 is 4.42 Å². The van der Waals surface area contributed by atoms with Crippen LogP contribution in [0.25, 0.3) is 0 Å². The molecule has 0 spiro atoms. The molecule has 1 atom stereocenters. The zero-order valence-electron chi connectivity index (χ0n) is 12.5. The minimum Gasteiger partial charge on any atom is -0.463 e. The van der Waals surface area contributed by atoms with Crippen molar-refractivity contribution in [2.45, 2.75) is 38.9 Å². The highest BCUT2D eigenvalue weighted by Crippen LogP contribution is 2.17. The average molecular weight is 265 g/mol. The fourth-order valence-corrected chi connectivity index (χ4v) is 2.86. The first-order valence-corrected chi connectivity index (χ1v) is 7.37. The highest BCUT2D eigenvalue weighted by atomic mass is 16.3. The molecule has 1 fully saturated rings. The molecule has 0 saturated carbocycles. The largest absolute Gasteiger partial charge is 0.463 e. The standard InChI is InChI=1S/C15H27N3O/c1-4-13-11-17(3)8-5-9-18(13)12-15-7-6-14(19-15)10-16-2/h6-7,13,16H,4-5,8-12H2,1-3H3. The monoisotopic (exact) mass is 265 g/mol. The molecule has 0 aliphatic carbocycles. The van der Waals surface area contributed by atoms with Crippen LogP contribution >= 0.6 is 0 Å². The lowest BCUT2D eigenvalue weighted by atomic mass is 10.2. The Bertz CT molecular complexity index is 377. The van der Waals surface area contributed by atoms with Crippen molar-refractivity contribution in [3.8, 4) is 0 Å². The molecular weight excluding hydrogens is 238 g/mol. The number of hydrogen-bond acceptors (Lipinski definition) is 4. The van der Waals surface area contributed by atoms with Crippen molar-refractivity contribution in [1.82, 2.24) is 15.1 Å². The van der Waals surface area contributed by atoms with E-state index in [9.17, 15) is 0 Å². The van der Waals surface area contributed by atoms with E-state index in [-0.39, 0.29) is 0 Å². The van der Waals surface area contributed by atoms with E-state index >= 15 is 0 Å². The molecule has 1 aromatic rings. The maximum atomic E-state index is 5.87. The van der Waals surface area contributed by atoms with Crippen LogP contribution in [0.2, 0.25) is 0 Å². The minimum absolute atomic E-state index is 0.644. The molecule has 1 N–H and O–H groups in total. The van der Waals surface area contributed by atoms with E-state index < -0.39 is 0 Å². The Balaban J connectivity index is 1.98. The summed E-state index contributed by atoms with van der Waals surface area (Å²) in [5, 5.41) is 3.12. The summed E-state index contributed by atoms with van der Waals surface area (Å²) < 4.78 is 5.87. The smallest absolute Gasteiger partial charge is 0.118 e. The second kappa shape index (κ2) is 7.08. The predicted octanol–water partition coefficient (Wildman–Crippen LogP) is 1.92. The molecule has 0 bridgehead atoms. The first kappa shape index (κ1) is 14.6. The second-order valence-electron chi connectivity index (χ2n) is 5.55.